The van der Waals surface area contributed by atoms with E-state index in [0.29, 0.717) is 24.9 Å². The van der Waals surface area contributed by atoms with Crippen molar-refractivity contribution in [1.29, 1.82) is 0 Å². The van der Waals surface area contributed by atoms with E-state index < -0.39 is 81.6 Å². The predicted molar refractivity (Wildman–Crippen MR) is 137 cm³/mol. The number of aliphatic hydroxyl groups is 3. The fraction of sp³-hybridized carbons (Fsp3) is 0.481. The zero-order valence-corrected chi connectivity index (χ0v) is 21.9. The summed E-state index contributed by atoms with van der Waals surface area (Å²) < 4.78 is 5.90. The zero-order chi connectivity index (χ0) is 29.0. The summed E-state index contributed by atoms with van der Waals surface area (Å²) in [4.78, 5) is 54.1. The summed E-state index contributed by atoms with van der Waals surface area (Å²) in [5.41, 5.74) is 6.87. The molecule has 12 nitrogen and oxygen atoms in total. The van der Waals surface area contributed by atoms with Crippen molar-refractivity contribution in [2.24, 2.45) is 23.3 Å². The standard InChI is InChI=1S/C27H33N3O9/c1-11-12-7-6-8-13(31)16(12)21(33)17-15(11)23(39-14(32)9-4-5-10-28)19-20(30(2)3)22(34)18(26(29)37)25(36)27(19,38)24(17)35/h6-8,11,15,19-20,23,31,34-35,38H,4-5,9-10,28H2,1-3H3,(H2,29,37). The molecule has 0 fully saturated rings. The number of primary amides is 1. The summed E-state index contributed by atoms with van der Waals surface area (Å²) in [5.74, 6) is -9.77. The second-order valence-electron chi connectivity index (χ2n) is 10.5. The summed E-state index contributed by atoms with van der Waals surface area (Å²) in [6.45, 7) is 2.04. The molecule has 3 aliphatic carbocycles. The van der Waals surface area contributed by atoms with E-state index in [-0.39, 0.29) is 17.7 Å². The summed E-state index contributed by atoms with van der Waals surface area (Å²) >= 11 is 0. The third-order valence-electron chi connectivity index (χ3n) is 8.07. The highest BCUT2D eigenvalue weighted by molar-refractivity contribution is 6.25. The normalized spacial score (nSPS) is 30.2. The highest BCUT2D eigenvalue weighted by Gasteiger charge is 2.68. The molecule has 6 unspecified atom stereocenters. The number of aliphatic hydroxyl groups excluding tert-OH is 2. The van der Waals surface area contributed by atoms with E-state index in [4.69, 9.17) is 16.2 Å². The second kappa shape index (κ2) is 10.1. The average molecular weight is 544 g/mol. The van der Waals surface area contributed by atoms with Crippen molar-refractivity contribution in [2.45, 2.75) is 49.9 Å². The van der Waals surface area contributed by atoms with E-state index in [1.807, 2.05) is 0 Å². The molecule has 0 aliphatic heterocycles. The highest BCUT2D eigenvalue weighted by Crippen LogP contribution is 2.56. The molecule has 4 rings (SSSR count). The summed E-state index contributed by atoms with van der Waals surface area (Å²) in [5, 5.41) is 45.1. The first kappa shape index (κ1) is 28.3. The summed E-state index contributed by atoms with van der Waals surface area (Å²) in [7, 11) is 2.99. The number of benzene rings is 1. The molecule has 8 N–H and O–H groups in total. The van der Waals surface area contributed by atoms with Crippen molar-refractivity contribution in [3.8, 4) is 5.75 Å². The van der Waals surface area contributed by atoms with Gasteiger partial charge in [-0.25, -0.2) is 0 Å². The molecule has 12 heteroatoms. The van der Waals surface area contributed by atoms with E-state index in [1.54, 1.807) is 19.1 Å². The molecular formula is C27H33N3O9. The number of phenolic OH excluding ortho intramolecular Hbond substituents is 1. The molecule has 0 spiro atoms. The van der Waals surface area contributed by atoms with Crippen LogP contribution < -0.4 is 11.5 Å². The van der Waals surface area contributed by atoms with E-state index in [9.17, 15) is 39.6 Å². The summed E-state index contributed by atoms with van der Waals surface area (Å²) in [6, 6.07) is 3.12. The molecule has 1 aromatic rings. The van der Waals surface area contributed by atoms with Crippen LogP contribution in [-0.4, -0.2) is 87.2 Å². The maximum absolute atomic E-state index is 13.8. The number of phenols is 1. The second-order valence-corrected chi connectivity index (χ2v) is 10.5. The van der Waals surface area contributed by atoms with Crippen LogP contribution in [0.25, 0.3) is 0 Å². The first-order chi connectivity index (χ1) is 18.3. The van der Waals surface area contributed by atoms with Crippen molar-refractivity contribution in [3.05, 3.63) is 52.0 Å². The zero-order valence-electron chi connectivity index (χ0n) is 21.9. The Morgan fingerprint density at radius 3 is 2.38 bits per heavy atom. The Morgan fingerprint density at radius 1 is 1.13 bits per heavy atom. The lowest BCUT2D eigenvalue weighted by Gasteiger charge is -2.54. The third-order valence-corrected chi connectivity index (χ3v) is 8.07. The molecule has 0 saturated heterocycles. The molecule has 1 aromatic carbocycles. The first-order valence-corrected chi connectivity index (χ1v) is 12.7. The molecule has 39 heavy (non-hydrogen) atoms. The van der Waals surface area contributed by atoms with Gasteiger partial charge in [-0.15, -0.1) is 0 Å². The Bertz CT molecular complexity index is 1320. The largest absolute Gasteiger partial charge is 0.510 e. The Morgan fingerprint density at radius 2 is 1.79 bits per heavy atom. The average Bonchev–Trinajstić information content (AvgIpc) is 2.85. The van der Waals surface area contributed by atoms with Crippen LogP contribution in [-0.2, 0) is 19.1 Å². The molecule has 0 radical (unpaired) electrons. The van der Waals surface area contributed by atoms with Crippen LogP contribution in [0.15, 0.2) is 40.9 Å². The molecule has 6 atom stereocenters. The number of rotatable bonds is 7. The van der Waals surface area contributed by atoms with E-state index in [2.05, 4.69) is 0 Å². The Balaban J connectivity index is 2.02. The van der Waals surface area contributed by atoms with Gasteiger partial charge in [-0.05, 0) is 51.0 Å². The van der Waals surface area contributed by atoms with Gasteiger partial charge in [0.1, 0.15) is 28.9 Å². The first-order valence-electron chi connectivity index (χ1n) is 12.7. The monoisotopic (exact) mass is 543 g/mol. The maximum Gasteiger partial charge on any atom is 0.306 e. The van der Waals surface area contributed by atoms with Crippen molar-refractivity contribution < 1.29 is 44.3 Å². The minimum atomic E-state index is -2.96. The number of unbranched alkanes of at least 4 members (excludes halogenated alkanes) is 1. The smallest absolute Gasteiger partial charge is 0.306 e. The lowest BCUT2D eigenvalue weighted by Crippen LogP contribution is -2.69. The number of carbonyl (C=O) groups excluding carboxylic acids is 4. The molecule has 3 aliphatic rings. The lowest BCUT2D eigenvalue weighted by atomic mass is 9.55. The van der Waals surface area contributed by atoms with Gasteiger partial charge in [0, 0.05) is 17.9 Å². The number of ether oxygens (including phenoxy) is 1. The Kier molecular flexibility index (Phi) is 7.32. The highest BCUT2D eigenvalue weighted by atomic mass is 16.5. The molecule has 210 valence electrons. The molecule has 1 amide bonds. The van der Waals surface area contributed by atoms with E-state index in [0.717, 1.165) is 0 Å². The topological polar surface area (TPSA) is 214 Å². The van der Waals surface area contributed by atoms with Crippen LogP contribution in [0.3, 0.4) is 0 Å². The van der Waals surface area contributed by atoms with Crippen LogP contribution in [0.4, 0.5) is 0 Å². The number of likely N-dealkylation sites (N-methyl/N-ethyl adjacent to an activating group) is 1. The van der Waals surface area contributed by atoms with Crippen molar-refractivity contribution in [3.63, 3.8) is 0 Å². The number of aromatic hydroxyl groups is 1. The van der Waals surface area contributed by atoms with Gasteiger partial charge in [0.05, 0.1) is 17.5 Å². The lowest BCUT2D eigenvalue weighted by molar-refractivity contribution is -0.181. The molecule has 0 aromatic heterocycles. The molecular weight excluding hydrogens is 510 g/mol. The number of fused-ring (bicyclic) bond motifs is 3. The summed E-state index contributed by atoms with van der Waals surface area (Å²) in [6.07, 6.45) is -0.540. The molecule has 0 heterocycles. The number of ketones is 2. The number of hydrogen-bond acceptors (Lipinski definition) is 11. The van der Waals surface area contributed by atoms with Gasteiger partial charge in [-0.3, -0.25) is 24.1 Å². The van der Waals surface area contributed by atoms with Crippen LogP contribution in [0, 0.1) is 11.8 Å². The van der Waals surface area contributed by atoms with Gasteiger partial charge in [0.2, 0.25) is 5.78 Å². The number of esters is 1. The fourth-order valence-electron chi connectivity index (χ4n) is 6.32. The van der Waals surface area contributed by atoms with Gasteiger partial charge < -0.3 is 36.6 Å². The van der Waals surface area contributed by atoms with Crippen molar-refractivity contribution in [1.82, 2.24) is 4.90 Å². The minimum Gasteiger partial charge on any atom is -0.510 e. The fourth-order valence-corrected chi connectivity index (χ4v) is 6.32. The van der Waals surface area contributed by atoms with Gasteiger partial charge in [0.15, 0.2) is 11.4 Å². The number of carbonyl (C=O) groups is 4. The van der Waals surface area contributed by atoms with E-state index >= 15 is 0 Å². The Labute approximate surface area is 224 Å². The van der Waals surface area contributed by atoms with Gasteiger partial charge in [0.25, 0.3) is 5.91 Å². The van der Waals surface area contributed by atoms with Crippen LogP contribution >= 0.6 is 0 Å². The van der Waals surface area contributed by atoms with Crippen LogP contribution in [0.2, 0.25) is 0 Å². The predicted octanol–water partition coefficient (Wildman–Crippen LogP) is 0.332. The van der Waals surface area contributed by atoms with Crippen LogP contribution in [0.1, 0.15) is 48.0 Å². The van der Waals surface area contributed by atoms with Gasteiger partial charge >= 0.3 is 5.97 Å². The number of nitrogens with zero attached hydrogens (tertiary/aromatic N) is 1. The number of nitrogens with two attached hydrogens (primary N) is 2. The van der Waals surface area contributed by atoms with Gasteiger partial charge in [-0.1, -0.05) is 19.1 Å². The maximum atomic E-state index is 13.8. The van der Waals surface area contributed by atoms with Crippen LogP contribution in [0.5, 0.6) is 5.75 Å². The number of hydrogen-bond donors (Lipinski definition) is 6. The number of Topliss-reactive ketones (excluding diaryl/α,β-unsaturated/α-hetero) is 2. The Hall–Kier alpha value is -3.74. The van der Waals surface area contributed by atoms with Gasteiger partial charge in [-0.2, -0.15) is 0 Å². The third kappa shape index (κ3) is 4.10. The molecule has 0 saturated carbocycles. The molecule has 0 bridgehead atoms. The van der Waals surface area contributed by atoms with Crippen molar-refractivity contribution >= 4 is 23.4 Å². The SMILES string of the molecule is CC1c2cccc(O)c2C(=O)C2=C(O)C3(O)C(=O)C(C(N)=O)=C(O)C(N(C)C)C3C(OC(=O)CCCCN)C21. The quantitative estimate of drug-likeness (QED) is 0.157. The minimum absolute atomic E-state index is 0.0504. The van der Waals surface area contributed by atoms with Crippen molar-refractivity contribution in [2.75, 3.05) is 20.6 Å². The number of amides is 1. The van der Waals surface area contributed by atoms with E-state index in [1.165, 1.54) is 25.1 Å².